The fourth-order valence-corrected chi connectivity index (χ4v) is 1.76. The summed E-state index contributed by atoms with van der Waals surface area (Å²) in [5.74, 6) is 0.928. The number of nitrogens with zero attached hydrogens (tertiary/aromatic N) is 1. The standard InChI is InChI=1S/C15H17N3O3/c1-10-7-8-13(15(16)17-10)21-9-14(19)18-11-5-3-4-6-12(11)20-2/h3-8H,9H2,1-2H3,(H2,16,17)(H,18,19). The summed E-state index contributed by atoms with van der Waals surface area (Å²) in [6.07, 6.45) is 0. The van der Waals surface area contributed by atoms with E-state index in [-0.39, 0.29) is 18.3 Å². The highest BCUT2D eigenvalue weighted by molar-refractivity contribution is 5.93. The maximum Gasteiger partial charge on any atom is 0.262 e. The highest BCUT2D eigenvalue weighted by Crippen LogP contribution is 2.23. The highest BCUT2D eigenvalue weighted by atomic mass is 16.5. The first-order chi connectivity index (χ1) is 10.1. The lowest BCUT2D eigenvalue weighted by Gasteiger charge is -2.11. The molecule has 0 bridgehead atoms. The third-order valence-electron chi connectivity index (χ3n) is 2.76. The van der Waals surface area contributed by atoms with Crippen molar-refractivity contribution in [1.29, 1.82) is 0 Å². The molecule has 0 radical (unpaired) electrons. The first kappa shape index (κ1) is 14.6. The predicted octanol–water partition coefficient (Wildman–Crippen LogP) is 2.00. The molecule has 110 valence electrons. The smallest absolute Gasteiger partial charge is 0.262 e. The summed E-state index contributed by atoms with van der Waals surface area (Å²) in [6, 6.07) is 10.6. The molecule has 6 nitrogen and oxygen atoms in total. The molecule has 0 saturated carbocycles. The number of ether oxygens (including phenoxy) is 2. The molecular formula is C15H17N3O3. The van der Waals surface area contributed by atoms with E-state index in [0.29, 0.717) is 17.2 Å². The van der Waals surface area contributed by atoms with Crippen LogP contribution in [0.4, 0.5) is 11.5 Å². The molecule has 0 aliphatic heterocycles. The molecule has 0 unspecified atom stereocenters. The van der Waals surface area contributed by atoms with Crippen LogP contribution in [0.3, 0.4) is 0 Å². The molecule has 1 aromatic carbocycles. The Hall–Kier alpha value is -2.76. The first-order valence-corrected chi connectivity index (χ1v) is 6.39. The van der Waals surface area contributed by atoms with Gasteiger partial charge in [0, 0.05) is 5.69 Å². The lowest BCUT2D eigenvalue weighted by Crippen LogP contribution is -2.21. The zero-order chi connectivity index (χ0) is 15.2. The van der Waals surface area contributed by atoms with Gasteiger partial charge in [0.25, 0.3) is 5.91 Å². The molecule has 6 heteroatoms. The van der Waals surface area contributed by atoms with E-state index >= 15 is 0 Å². The monoisotopic (exact) mass is 287 g/mol. The lowest BCUT2D eigenvalue weighted by atomic mass is 10.3. The Morgan fingerprint density at radius 1 is 1.24 bits per heavy atom. The quantitative estimate of drug-likeness (QED) is 0.878. The second-order valence-electron chi connectivity index (χ2n) is 4.37. The normalized spacial score (nSPS) is 10.0. The Bertz CT molecular complexity index is 644. The van der Waals surface area contributed by atoms with E-state index < -0.39 is 0 Å². The number of aromatic nitrogens is 1. The summed E-state index contributed by atoms with van der Waals surface area (Å²) in [7, 11) is 1.54. The van der Waals surface area contributed by atoms with Crippen molar-refractivity contribution in [3.8, 4) is 11.5 Å². The van der Waals surface area contributed by atoms with Crippen molar-refractivity contribution in [2.24, 2.45) is 0 Å². The van der Waals surface area contributed by atoms with Crippen molar-refractivity contribution >= 4 is 17.4 Å². The van der Waals surface area contributed by atoms with Gasteiger partial charge in [0.1, 0.15) is 5.75 Å². The number of carbonyl (C=O) groups is 1. The highest BCUT2D eigenvalue weighted by Gasteiger charge is 2.09. The minimum Gasteiger partial charge on any atom is -0.495 e. The number of nitrogens with one attached hydrogen (secondary N) is 1. The van der Waals surface area contributed by atoms with Crippen LogP contribution in [0.2, 0.25) is 0 Å². The first-order valence-electron chi connectivity index (χ1n) is 6.39. The third kappa shape index (κ3) is 3.85. The molecule has 0 aliphatic carbocycles. The van der Waals surface area contributed by atoms with E-state index in [2.05, 4.69) is 10.3 Å². The van der Waals surface area contributed by atoms with Gasteiger partial charge in [-0.3, -0.25) is 4.79 Å². The summed E-state index contributed by atoms with van der Waals surface area (Å²) in [5.41, 5.74) is 7.09. The van der Waals surface area contributed by atoms with Gasteiger partial charge in [-0.1, -0.05) is 12.1 Å². The van der Waals surface area contributed by atoms with E-state index in [9.17, 15) is 4.79 Å². The summed E-state index contributed by atoms with van der Waals surface area (Å²) < 4.78 is 10.5. The molecule has 0 saturated heterocycles. The number of carbonyl (C=O) groups excluding carboxylic acids is 1. The maximum absolute atomic E-state index is 11.9. The van der Waals surface area contributed by atoms with E-state index in [4.69, 9.17) is 15.2 Å². The van der Waals surface area contributed by atoms with Crippen LogP contribution in [0, 0.1) is 6.92 Å². The maximum atomic E-state index is 11.9. The Labute approximate surface area is 122 Å². The molecule has 1 aromatic heterocycles. The second-order valence-corrected chi connectivity index (χ2v) is 4.37. The van der Waals surface area contributed by atoms with Crippen LogP contribution in [0.15, 0.2) is 36.4 Å². The number of hydrogen-bond donors (Lipinski definition) is 2. The topological polar surface area (TPSA) is 86.5 Å². The number of anilines is 2. The summed E-state index contributed by atoms with van der Waals surface area (Å²) in [5, 5.41) is 2.71. The van der Waals surface area contributed by atoms with Crippen LogP contribution in [0.25, 0.3) is 0 Å². The van der Waals surface area contributed by atoms with Crippen molar-refractivity contribution in [1.82, 2.24) is 4.98 Å². The van der Waals surface area contributed by atoms with E-state index in [1.807, 2.05) is 13.0 Å². The van der Waals surface area contributed by atoms with Crippen molar-refractivity contribution in [2.45, 2.75) is 6.92 Å². The molecule has 3 N–H and O–H groups in total. The van der Waals surface area contributed by atoms with Crippen LogP contribution in [0.5, 0.6) is 11.5 Å². The Morgan fingerprint density at radius 2 is 2.00 bits per heavy atom. The van der Waals surface area contributed by atoms with E-state index in [0.717, 1.165) is 5.69 Å². The molecular weight excluding hydrogens is 270 g/mol. The Kier molecular flexibility index (Phi) is 4.61. The largest absolute Gasteiger partial charge is 0.495 e. The predicted molar refractivity (Wildman–Crippen MR) is 80.5 cm³/mol. The van der Waals surface area contributed by atoms with E-state index in [1.54, 1.807) is 37.4 Å². The van der Waals surface area contributed by atoms with E-state index in [1.165, 1.54) is 0 Å². The molecule has 21 heavy (non-hydrogen) atoms. The number of pyridine rings is 1. The minimum absolute atomic E-state index is 0.160. The SMILES string of the molecule is COc1ccccc1NC(=O)COc1ccc(C)nc1N. The summed E-state index contributed by atoms with van der Waals surface area (Å²) >= 11 is 0. The van der Waals surface area contributed by atoms with Crippen LogP contribution in [-0.2, 0) is 4.79 Å². The van der Waals surface area contributed by atoms with Crippen molar-refractivity contribution in [3.05, 3.63) is 42.1 Å². The van der Waals surface area contributed by atoms with Crippen LogP contribution >= 0.6 is 0 Å². The number of hydrogen-bond acceptors (Lipinski definition) is 5. The van der Waals surface area contributed by atoms with Gasteiger partial charge in [-0.25, -0.2) is 4.98 Å². The number of amides is 1. The minimum atomic E-state index is -0.306. The van der Waals surface area contributed by atoms with Crippen LogP contribution in [0.1, 0.15) is 5.69 Å². The zero-order valence-corrected chi connectivity index (χ0v) is 11.9. The van der Waals surface area contributed by atoms with Gasteiger partial charge in [0.15, 0.2) is 18.2 Å². The van der Waals surface area contributed by atoms with Crippen LogP contribution in [-0.4, -0.2) is 24.6 Å². The van der Waals surface area contributed by atoms with Crippen molar-refractivity contribution in [3.63, 3.8) is 0 Å². The molecule has 0 spiro atoms. The zero-order valence-electron chi connectivity index (χ0n) is 11.9. The Balaban J connectivity index is 1.96. The third-order valence-corrected chi connectivity index (χ3v) is 2.76. The van der Waals surface area contributed by atoms with Gasteiger partial charge >= 0.3 is 0 Å². The van der Waals surface area contributed by atoms with Crippen molar-refractivity contribution < 1.29 is 14.3 Å². The molecule has 0 atom stereocenters. The number of rotatable bonds is 5. The molecule has 0 fully saturated rings. The molecule has 0 aliphatic rings. The molecule has 2 rings (SSSR count). The number of nitrogens with two attached hydrogens (primary N) is 1. The molecule has 2 aromatic rings. The average molecular weight is 287 g/mol. The van der Waals surface area contributed by atoms with Gasteiger partial charge in [-0.2, -0.15) is 0 Å². The molecule has 1 heterocycles. The fourth-order valence-electron chi connectivity index (χ4n) is 1.76. The lowest BCUT2D eigenvalue weighted by molar-refractivity contribution is -0.118. The summed E-state index contributed by atoms with van der Waals surface area (Å²) in [6.45, 7) is 1.67. The van der Waals surface area contributed by atoms with Gasteiger partial charge in [0.2, 0.25) is 0 Å². The number of para-hydroxylation sites is 2. The van der Waals surface area contributed by atoms with Crippen molar-refractivity contribution in [2.75, 3.05) is 24.8 Å². The van der Waals surface area contributed by atoms with Gasteiger partial charge in [-0.05, 0) is 31.2 Å². The second kappa shape index (κ2) is 6.60. The average Bonchev–Trinajstić information content (AvgIpc) is 2.47. The number of nitrogen functional groups attached to an aromatic ring is 1. The number of methoxy groups -OCH3 is 1. The summed E-state index contributed by atoms with van der Waals surface area (Å²) in [4.78, 5) is 15.9. The molecule has 1 amide bonds. The van der Waals surface area contributed by atoms with Gasteiger partial charge in [0.05, 0.1) is 12.8 Å². The Morgan fingerprint density at radius 3 is 2.71 bits per heavy atom. The number of benzene rings is 1. The number of aryl methyl sites for hydroxylation is 1. The van der Waals surface area contributed by atoms with Gasteiger partial charge in [-0.15, -0.1) is 0 Å². The van der Waals surface area contributed by atoms with Crippen LogP contribution < -0.4 is 20.5 Å². The fraction of sp³-hybridized carbons (Fsp3) is 0.200. The van der Waals surface area contributed by atoms with Gasteiger partial charge < -0.3 is 20.5 Å².